The highest BCUT2D eigenvalue weighted by Crippen LogP contribution is 1.90. The molecule has 0 radical (unpaired) electrons. The van der Waals surface area contributed by atoms with Gasteiger partial charge < -0.3 is 5.32 Å². The van der Waals surface area contributed by atoms with Gasteiger partial charge in [0.15, 0.2) is 0 Å². The van der Waals surface area contributed by atoms with Crippen molar-refractivity contribution < 1.29 is 12.8 Å². The molecule has 0 aromatic carbocycles. The first-order valence-corrected chi connectivity index (χ1v) is 5.95. The molecule has 0 fully saturated rings. The average molecular weight is 212 g/mol. The Morgan fingerprint density at radius 2 is 1.92 bits per heavy atom. The zero-order valence-electron chi connectivity index (χ0n) is 7.85. The topological polar surface area (TPSA) is 58.2 Å². The fraction of sp³-hybridized carbons (Fsp3) is 1.00. The molecule has 0 aromatic rings. The van der Waals surface area contributed by atoms with Crippen molar-refractivity contribution in [1.29, 1.82) is 0 Å². The van der Waals surface area contributed by atoms with Gasteiger partial charge in [-0.1, -0.05) is 0 Å². The lowest BCUT2D eigenvalue weighted by Gasteiger charge is -2.04. The van der Waals surface area contributed by atoms with Crippen molar-refractivity contribution in [3.8, 4) is 0 Å². The summed E-state index contributed by atoms with van der Waals surface area (Å²) in [5.41, 5.74) is 0. The van der Waals surface area contributed by atoms with Gasteiger partial charge in [0.2, 0.25) is 10.0 Å². The van der Waals surface area contributed by atoms with Crippen LogP contribution in [0, 0.1) is 0 Å². The Bertz CT molecular complexity index is 207. The second kappa shape index (κ2) is 7.23. The highest BCUT2D eigenvalue weighted by molar-refractivity contribution is 7.89. The van der Waals surface area contributed by atoms with Crippen molar-refractivity contribution in [2.45, 2.75) is 12.8 Å². The number of sulfonamides is 1. The van der Waals surface area contributed by atoms with Crippen molar-refractivity contribution >= 4 is 10.0 Å². The highest BCUT2D eigenvalue weighted by Gasteiger charge is 2.07. The van der Waals surface area contributed by atoms with Crippen molar-refractivity contribution in [2.24, 2.45) is 0 Å². The molecular formula is C7H17FN2O2S. The number of halogens is 1. The van der Waals surface area contributed by atoms with Gasteiger partial charge in [-0.05, 0) is 26.4 Å². The van der Waals surface area contributed by atoms with Crippen LogP contribution in [0.4, 0.5) is 4.39 Å². The predicted molar refractivity (Wildman–Crippen MR) is 50.9 cm³/mol. The van der Waals surface area contributed by atoms with E-state index < -0.39 is 16.7 Å². The third kappa shape index (κ3) is 8.14. The molecular weight excluding hydrogens is 195 g/mol. The van der Waals surface area contributed by atoms with Crippen LogP contribution in [0.1, 0.15) is 12.8 Å². The summed E-state index contributed by atoms with van der Waals surface area (Å²) in [7, 11) is -1.44. The third-order valence-electron chi connectivity index (χ3n) is 1.47. The minimum absolute atomic E-state index is 0.0708. The molecule has 0 saturated heterocycles. The van der Waals surface area contributed by atoms with E-state index in [1.165, 1.54) is 0 Å². The molecule has 0 heterocycles. The number of alkyl halides is 1. The first-order valence-electron chi connectivity index (χ1n) is 4.30. The second-order valence-electron chi connectivity index (χ2n) is 2.71. The minimum Gasteiger partial charge on any atom is -0.320 e. The monoisotopic (exact) mass is 212 g/mol. The molecule has 0 rings (SSSR count). The van der Waals surface area contributed by atoms with E-state index >= 15 is 0 Å². The largest absolute Gasteiger partial charge is 0.320 e. The summed E-state index contributed by atoms with van der Waals surface area (Å²) in [4.78, 5) is 0. The maximum Gasteiger partial charge on any atom is 0.211 e. The Morgan fingerprint density at radius 3 is 2.46 bits per heavy atom. The molecule has 0 unspecified atom stereocenters. The van der Waals surface area contributed by atoms with Crippen molar-refractivity contribution in [1.82, 2.24) is 10.0 Å². The molecule has 13 heavy (non-hydrogen) atoms. The molecule has 0 saturated carbocycles. The SMILES string of the molecule is CNCCCNS(=O)(=O)CCCF. The van der Waals surface area contributed by atoms with Gasteiger partial charge in [-0.3, -0.25) is 4.39 Å². The molecule has 0 amide bonds. The average Bonchev–Trinajstić information content (AvgIpc) is 2.09. The van der Waals surface area contributed by atoms with Gasteiger partial charge >= 0.3 is 0 Å². The smallest absolute Gasteiger partial charge is 0.211 e. The van der Waals surface area contributed by atoms with Gasteiger partial charge in [0.25, 0.3) is 0 Å². The van der Waals surface area contributed by atoms with E-state index in [-0.39, 0.29) is 12.2 Å². The van der Waals surface area contributed by atoms with Crippen molar-refractivity contribution in [3.63, 3.8) is 0 Å². The lowest BCUT2D eigenvalue weighted by molar-refractivity contribution is 0.483. The normalized spacial score (nSPS) is 11.8. The van der Waals surface area contributed by atoms with E-state index in [1.807, 2.05) is 0 Å². The van der Waals surface area contributed by atoms with Gasteiger partial charge in [0, 0.05) is 6.54 Å². The van der Waals surface area contributed by atoms with Crippen LogP contribution in [-0.4, -0.2) is 41.0 Å². The molecule has 0 spiro atoms. The van der Waals surface area contributed by atoms with Gasteiger partial charge in [0.05, 0.1) is 12.4 Å². The fourth-order valence-corrected chi connectivity index (χ4v) is 1.90. The van der Waals surface area contributed by atoms with E-state index in [2.05, 4.69) is 10.0 Å². The molecule has 0 aliphatic carbocycles. The van der Waals surface area contributed by atoms with Crippen LogP contribution in [0.5, 0.6) is 0 Å². The summed E-state index contributed by atoms with van der Waals surface area (Å²) in [6, 6.07) is 0. The first kappa shape index (κ1) is 12.8. The van der Waals surface area contributed by atoms with Crippen LogP contribution >= 0.6 is 0 Å². The van der Waals surface area contributed by atoms with Gasteiger partial charge in [-0.15, -0.1) is 0 Å². The standard InChI is InChI=1S/C7H17FN2O2S/c1-9-5-3-6-10-13(11,12)7-2-4-8/h9-10H,2-7H2,1H3. The molecule has 80 valence electrons. The number of nitrogens with one attached hydrogen (secondary N) is 2. The van der Waals surface area contributed by atoms with Crippen LogP contribution in [0.3, 0.4) is 0 Å². The van der Waals surface area contributed by atoms with E-state index in [0.29, 0.717) is 6.54 Å². The van der Waals surface area contributed by atoms with Crippen LogP contribution in [-0.2, 0) is 10.0 Å². The van der Waals surface area contributed by atoms with Crippen LogP contribution in [0.2, 0.25) is 0 Å². The predicted octanol–water partition coefficient (Wildman–Crippen LogP) is -0.125. The molecule has 0 aliphatic rings. The minimum atomic E-state index is -3.24. The van der Waals surface area contributed by atoms with Crippen molar-refractivity contribution in [3.05, 3.63) is 0 Å². The zero-order chi connectivity index (χ0) is 10.2. The molecule has 6 heteroatoms. The van der Waals surface area contributed by atoms with Crippen molar-refractivity contribution in [2.75, 3.05) is 32.6 Å². The summed E-state index contributed by atoms with van der Waals surface area (Å²) in [5, 5.41) is 2.90. The summed E-state index contributed by atoms with van der Waals surface area (Å²) >= 11 is 0. The van der Waals surface area contributed by atoms with Gasteiger partial charge in [-0.2, -0.15) is 0 Å². The lowest BCUT2D eigenvalue weighted by atomic mass is 10.4. The molecule has 0 bridgehead atoms. The Hall–Kier alpha value is -0.200. The van der Waals surface area contributed by atoms with Gasteiger partial charge in [0.1, 0.15) is 0 Å². The Balaban J connectivity index is 3.52. The van der Waals surface area contributed by atoms with E-state index in [4.69, 9.17) is 0 Å². The van der Waals surface area contributed by atoms with Crippen LogP contribution in [0.15, 0.2) is 0 Å². The number of hydrogen-bond donors (Lipinski definition) is 2. The molecule has 0 atom stereocenters. The maximum atomic E-state index is 11.7. The first-order chi connectivity index (χ1) is 6.12. The van der Waals surface area contributed by atoms with Crippen LogP contribution < -0.4 is 10.0 Å². The molecule has 4 nitrogen and oxygen atoms in total. The molecule has 2 N–H and O–H groups in total. The summed E-state index contributed by atoms with van der Waals surface area (Å²) in [6.45, 7) is 0.596. The number of hydrogen-bond acceptors (Lipinski definition) is 3. The molecule has 0 aromatic heterocycles. The van der Waals surface area contributed by atoms with E-state index in [0.717, 1.165) is 13.0 Å². The summed E-state index contributed by atoms with van der Waals surface area (Å²) in [6.07, 6.45) is 0.812. The maximum absolute atomic E-state index is 11.7. The van der Waals surface area contributed by atoms with E-state index in [1.54, 1.807) is 7.05 Å². The Labute approximate surface area is 79.0 Å². The van der Waals surface area contributed by atoms with Gasteiger partial charge in [-0.25, -0.2) is 13.1 Å². The van der Waals surface area contributed by atoms with Crippen LogP contribution in [0.25, 0.3) is 0 Å². The summed E-state index contributed by atoms with van der Waals surface area (Å²) < 4.78 is 36.2. The highest BCUT2D eigenvalue weighted by atomic mass is 32.2. The zero-order valence-corrected chi connectivity index (χ0v) is 8.66. The number of rotatable bonds is 8. The quantitative estimate of drug-likeness (QED) is 0.551. The fourth-order valence-electron chi connectivity index (χ4n) is 0.810. The summed E-state index contributed by atoms with van der Waals surface area (Å²) in [5.74, 6) is -0.122. The Kier molecular flexibility index (Phi) is 7.12. The van der Waals surface area contributed by atoms with E-state index in [9.17, 15) is 12.8 Å². The molecule has 0 aliphatic heterocycles. The second-order valence-corrected chi connectivity index (χ2v) is 4.64. The lowest BCUT2D eigenvalue weighted by Crippen LogP contribution is -2.29. The third-order valence-corrected chi connectivity index (χ3v) is 2.94. The Morgan fingerprint density at radius 1 is 1.23 bits per heavy atom.